The van der Waals surface area contributed by atoms with Crippen molar-refractivity contribution < 1.29 is 9.53 Å². The van der Waals surface area contributed by atoms with E-state index in [0.717, 1.165) is 11.3 Å². The summed E-state index contributed by atoms with van der Waals surface area (Å²) in [6, 6.07) is 7.46. The molecule has 0 aliphatic carbocycles. The van der Waals surface area contributed by atoms with Crippen LogP contribution in [0, 0.1) is 5.41 Å². The van der Waals surface area contributed by atoms with Crippen LogP contribution in [0.15, 0.2) is 24.3 Å². The number of rotatable bonds is 4. The zero-order valence-electron chi connectivity index (χ0n) is 10.1. The predicted molar refractivity (Wildman–Crippen MR) is 64.3 cm³/mol. The Kier molecular flexibility index (Phi) is 3.93. The number of benzene rings is 1. The van der Waals surface area contributed by atoms with Gasteiger partial charge in [-0.2, -0.15) is 0 Å². The lowest BCUT2D eigenvalue weighted by Crippen LogP contribution is -2.17. The monoisotopic (exact) mass is 221 g/mol. The van der Waals surface area contributed by atoms with E-state index in [-0.39, 0.29) is 17.7 Å². The molecule has 0 aliphatic heterocycles. The molecule has 2 N–H and O–H groups in total. The summed E-state index contributed by atoms with van der Waals surface area (Å²) in [6.07, 6.45) is 0.277. The van der Waals surface area contributed by atoms with Crippen LogP contribution in [0.1, 0.15) is 26.3 Å². The maximum Gasteiger partial charge on any atom is 0.221 e. The Bertz CT molecular complexity index is 349. The zero-order valence-corrected chi connectivity index (χ0v) is 10.1. The Morgan fingerprint density at radius 3 is 2.25 bits per heavy atom. The lowest BCUT2D eigenvalue weighted by atomic mass is 9.99. The quantitative estimate of drug-likeness (QED) is 0.846. The van der Waals surface area contributed by atoms with E-state index < -0.39 is 0 Å². The fourth-order valence-corrected chi connectivity index (χ4v) is 1.20. The molecule has 1 rings (SSSR count). The van der Waals surface area contributed by atoms with Crippen molar-refractivity contribution in [1.29, 1.82) is 0 Å². The molecule has 1 aromatic carbocycles. The third-order valence-corrected chi connectivity index (χ3v) is 1.97. The average molecular weight is 221 g/mol. The molecule has 1 aromatic rings. The SMILES string of the molecule is CC(C)(C)COc1ccc(CC(N)=O)cc1. The largest absolute Gasteiger partial charge is 0.493 e. The Hall–Kier alpha value is -1.51. The van der Waals surface area contributed by atoms with Gasteiger partial charge in [0, 0.05) is 0 Å². The number of nitrogens with two attached hydrogens (primary N) is 1. The number of hydrogen-bond donors (Lipinski definition) is 1. The van der Waals surface area contributed by atoms with Crippen LogP contribution in [0.3, 0.4) is 0 Å². The van der Waals surface area contributed by atoms with Gasteiger partial charge in [-0.15, -0.1) is 0 Å². The van der Waals surface area contributed by atoms with E-state index in [4.69, 9.17) is 10.5 Å². The molecular weight excluding hydrogens is 202 g/mol. The molecule has 0 heterocycles. The van der Waals surface area contributed by atoms with Crippen LogP contribution < -0.4 is 10.5 Å². The van der Waals surface area contributed by atoms with Crippen LogP contribution in [0.5, 0.6) is 5.75 Å². The number of carbonyl (C=O) groups is 1. The van der Waals surface area contributed by atoms with Crippen LogP contribution in [0.4, 0.5) is 0 Å². The first-order valence-corrected chi connectivity index (χ1v) is 5.37. The van der Waals surface area contributed by atoms with E-state index in [0.29, 0.717) is 6.61 Å². The van der Waals surface area contributed by atoms with Gasteiger partial charge in [0.25, 0.3) is 0 Å². The van der Waals surface area contributed by atoms with Crippen molar-refractivity contribution in [1.82, 2.24) is 0 Å². The highest BCUT2D eigenvalue weighted by molar-refractivity contribution is 5.76. The Morgan fingerprint density at radius 2 is 1.81 bits per heavy atom. The van der Waals surface area contributed by atoms with Gasteiger partial charge < -0.3 is 10.5 Å². The lowest BCUT2D eigenvalue weighted by molar-refractivity contribution is -0.117. The third-order valence-electron chi connectivity index (χ3n) is 1.97. The summed E-state index contributed by atoms with van der Waals surface area (Å²) in [7, 11) is 0. The average Bonchev–Trinajstić information content (AvgIpc) is 2.14. The summed E-state index contributed by atoms with van der Waals surface area (Å²) in [5, 5.41) is 0. The van der Waals surface area contributed by atoms with Crippen molar-refractivity contribution in [2.75, 3.05) is 6.61 Å². The molecule has 0 saturated heterocycles. The topological polar surface area (TPSA) is 52.3 Å². The summed E-state index contributed by atoms with van der Waals surface area (Å²) in [5.41, 5.74) is 6.17. The second-order valence-corrected chi connectivity index (χ2v) is 5.14. The van der Waals surface area contributed by atoms with Crippen molar-refractivity contribution in [2.24, 2.45) is 11.1 Å². The van der Waals surface area contributed by atoms with E-state index in [1.165, 1.54) is 0 Å². The second kappa shape index (κ2) is 5.01. The summed E-state index contributed by atoms with van der Waals surface area (Å²) in [5.74, 6) is 0.506. The molecule has 0 fully saturated rings. The Labute approximate surface area is 96.6 Å². The van der Waals surface area contributed by atoms with Crippen molar-refractivity contribution in [3.8, 4) is 5.75 Å². The molecule has 88 valence electrons. The molecule has 0 aromatic heterocycles. The maximum atomic E-state index is 10.7. The first-order valence-electron chi connectivity index (χ1n) is 5.37. The maximum absolute atomic E-state index is 10.7. The van der Waals surface area contributed by atoms with Crippen molar-refractivity contribution in [2.45, 2.75) is 27.2 Å². The summed E-state index contributed by atoms with van der Waals surface area (Å²) in [6.45, 7) is 7.03. The minimum atomic E-state index is -0.316. The molecule has 0 atom stereocenters. The molecule has 16 heavy (non-hydrogen) atoms. The van der Waals surface area contributed by atoms with Gasteiger partial charge in [-0.25, -0.2) is 0 Å². The van der Waals surface area contributed by atoms with Gasteiger partial charge in [0.15, 0.2) is 0 Å². The van der Waals surface area contributed by atoms with Crippen molar-refractivity contribution >= 4 is 5.91 Å². The molecule has 0 unspecified atom stereocenters. The molecule has 0 aliphatic rings. The highest BCUT2D eigenvalue weighted by atomic mass is 16.5. The summed E-state index contributed by atoms with van der Waals surface area (Å²) >= 11 is 0. The normalized spacial score (nSPS) is 11.2. The smallest absolute Gasteiger partial charge is 0.221 e. The molecule has 3 heteroatoms. The third kappa shape index (κ3) is 4.82. The molecule has 0 spiro atoms. The Balaban J connectivity index is 2.55. The standard InChI is InChI=1S/C13H19NO2/c1-13(2,3)9-16-11-6-4-10(5-7-11)8-12(14)15/h4-7H,8-9H2,1-3H3,(H2,14,15). The zero-order chi connectivity index (χ0) is 12.2. The van der Waals surface area contributed by atoms with Gasteiger partial charge >= 0.3 is 0 Å². The van der Waals surface area contributed by atoms with Gasteiger partial charge in [0.1, 0.15) is 5.75 Å². The number of ether oxygens (including phenoxy) is 1. The van der Waals surface area contributed by atoms with E-state index in [1.807, 2.05) is 24.3 Å². The predicted octanol–water partition coefficient (Wildman–Crippen LogP) is 2.14. The minimum absolute atomic E-state index is 0.145. The van der Waals surface area contributed by atoms with Crippen LogP contribution in [0.2, 0.25) is 0 Å². The Morgan fingerprint density at radius 1 is 1.25 bits per heavy atom. The van der Waals surface area contributed by atoms with Gasteiger partial charge in [-0.3, -0.25) is 4.79 Å². The van der Waals surface area contributed by atoms with Gasteiger partial charge in [0.2, 0.25) is 5.91 Å². The van der Waals surface area contributed by atoms with Crippen LogP contribution >= 0.6 is 0 Å². The first-order chi connectivity index (χ1) is 7.37. The summed E-state index contributed by atoms with van der Waals surface area (Å²) < 4.78 is 5.61. The highest BCUT2D eigenvalue weighted by Gasteiger charge is 2.10. The van der Waals surface area contributed by atoms with Crippen LogP contribution in [-0.4, -0.2) is 12.5 Å². The van der Waals surface area contributed by atoms with Crippen molar-refractivity contribution in [3.63, 3.8) is 0 Å². The van der Waals surface area contributed by atoms with Crippen molar-refractivity contribution in [3.05, 3.63) is 29.8 Å². The fourth-order valence-electron chi connectivity index (χ4n) is 1.20. The van der Waals surface area contributed by atoms with E-state index in [1.54, 1.807) is 0 Å². The van der Waals surface area contributed by atoms with Gasteiger partial charge in [-0.05, 0) is 23.1 Å². The van der Waals surface area contributed by atoms with E-state index in [9.17, 15) is 4.79 Å². The molecule has 0 radical (unpaired) electrons. The molecule has 0 bridgehead atoms. The highest BCUT2D eigenvalue weighted by Crippen LogP contribution is 2.18. The van der Waals surface area contributed by atoms with Crippen LogP contribution in [-0.2, 0) is 11.2 Å². The molecule has 1 amide bonds. The molecule has 0 saturated carbocycles. The fraction of sp³-hybridized carbons (Fsp3) is 0.462. The second-order valence-electron chi connectivity index (χ2n) is 5.14. The lowest BCUT2D eigenvalue weighted by Gasteiger charge is -2.18. The first kappa shape index (κ1) is 12.6. The minimum Gasteiger partial charge on any atom is -0.493 e. The number of amides is 1. The molecule has 3 nitrogen and oxygen atoms in total. The van der Waals surface area contributed by atoms with Gasteiger partial charge in [0.05, 0.1) is 13.0 Å². The number of primary amides is 1. The van der Waals surface area contributed by atoms with Crippen LogP contribution in [0.25, 0.3) is 0 Å². The van der Waals surface area contributed by atoms with E-state index in [2.05, 4.69) is 20.8 Å². The molecular formula is C13H19NO2. The number of hydrogen-bond acceptors (Lipinski definition) is 2. The summed E-state index contributed by atoms with van der Waals surface area (Å²) in [4.78, 5) is 10.7. The van der Waals surface area contributed by atoms with Gasteiger partial charge in [-0.1, -0.05) is 32.9 Å². The number of carbonyl (C=O) groups excluding carboxylic acids is 1. The van der Waals surface area contributed by atoms with E-state index >= 15 is 0 Å².